The average molecular weight is 331 g/mol. The second-order valence-electron chi connectivity index (χ2n) is 5.87. The van der Waals surface area contributed by atoms with Crippen molar-refractivity contribution in [2.45, 2.75) is 31.8 Å². The first-order chi connectivity index (χ1) is 11.6. The average Bonchev–Trinajstić information content (AvgIpc) is 2.54. The van der Waals surface area contributed by atoms with Crippen LogP contribution < -0.4 is 10.1 Å². The Morgan fingerprint density at radius 3 is 2.46 bits per heavy atom. The molecular formula is C19H19F2NO2. The number of carbonyl (C=O) groups is 1. The summed E-state index contributed by atoms with van der Waals surface area (Å²) in [6.07, 6.45) is 3.42. The van der Waals surface area contributed by atoms with Gasteiger partial charge in [0.25, 0.3) is 5.91 Å². The number of hydrogen-bond acceptors (Lipinski definition) is 2. The molecule has 0 unspecified atom stereocenters. The van der Waals surface area contributed by atoms with E-state index in [1.807, 2.05) is 6.07 Å². The van der Waals surface area contributed by atoms with Crippen LogP contribution in [0.5, 0.6) is 5.75 Å². The molecule has 24 heavy (non-hydrogen) atoms. The van der Waals surface area contributed by atoms with Crippen LogP contribution in [0.3, 0.4) is 0 Å². The van der Waals surface area contributed by atoms with E-state index in [1.54, 1.807) is 18.2 Å². The first kappa shape index (κ1) is 16.4. The molecule has 0 heterocycles. The zero-order valence-electron chi connectivity index (χ0n) is 13.2. The molecule has 2 aromatic rings. The van der Waals surface area contributed by atoms with E-state index in [1.165, 1.54) is 18.2 Å². The highest BCUT2D eigenvalue weighted by Gasteiger charge is 2.21. The van der Waals surface area contributed by atoms with Crippen molar-refractivity contribution in [3.05, 3.63) is 65.2 Å². The highest BCUT2D eigenvalue weighted by atomic mass is 19.1. The molecule has 0 atom stereocenters. The van der Waals surface area contributed by atoms with Gasteiger partial charge in [0.05, 0.1) is 11.7 Å². The number of carbonyl (C=O) groups excluding carboxylic acids is 1. The number of benzene rings is 2. The number of ether oxygens (including phenoxy) is 1. The van der Waals surface area contributed by atoms with Crippen molar-refractivity contribution >= 4 is 5.91 Å². The lowest BCUT2D eigenvalue weighted by Crippen LogP contribution is -2.29. The summed E-state index contributed by atoms with van der Waals surface area (Å²) < 4.78 is 33.0. The fourth-order valence-corrected chi connectivity index (χ4v) is 2.59. The third-order valence-electron chi connectivity index (χ3n) is 4.20. The molecule has 0 saturated heterocycles. The van der Waals surface area contributed by atoms with E-state index in [0.717, 1.165) is 19.3 Å². The van der Waals surface area contributed by atoms with Gasteiger partial charge in [0.1, 0.15) is 17.4 Å². The molecule has 1 fully saturated rings. The summed E-state index contributed by atoms with van der Waals surface area (Å²) in [5, 5.41) is 2.70. The molecule has 3 rings (SSSR count). The number of rotatable bonds is 6. The second kappa shape index (κ2) is 7.43. The molecule has 0 aromatic heterocycles. The van der Waals surface area contributed by atoms with Gasteiger partial charge >= 0.3 is 0 Å². The number of nitrogens with one attached hydrogen (secondary N) is 1. The maximum atomic E-state index is 13.6. The Balaban J connectivity index is 1.61. The number of para-hydroxylation sites is 1. The zero-order valence-corrected chi connectivity index (χ0v) is 13.2. The Kier molecular flexibility index (Phi) is 5.08. The van der Waals surface area contributed by atoms with Gasteiger partial charge in [0.15, 0.2) is 0 Å². The second-order valence-corrected chi connectivity index (χ2v) is 5.87. The van der Waals surface area contributed by atoms with Crippen LogP contribution in [0.4, 0.5) is 8.78 Å². The topological polar surface area (TPSA) is 38.3 Å². The van der Waals surface area contributed by atoms with Gasteiger partial charge in [-0.1, -0.05) is 18.2 Å². The molecule has 126 valence electrons. The van der Waals surface area contributed by atoms with Crippen molar-refractivity contribution in [3.63, 3.8) is 0 Å². The predicted octanol–water partition coefficient (Wildman–Crippen LogP) is 3.87. The van der Waals surface area contributed by atoms with Crippen molar-refractivity contribution in [1.29, 1.82) is 0 Å². The lowest BCUT2D eigenvalue weighted by atomic mass is 9.96. The summed E-state index contributed by atoms with van der Waals surface area (Å²) >= 11 is 0. The Hall–Kier alpha value is -2.43. The van der Waals surface area contributed by atoms with Crippen LogP contribution in [0.2, 0.25) is 0 Å². The Morgan fingerprint density at radius 1 is 1.08 bits per heavy atom. The normalized spacial score (nSPS) is 14.1. The van der Waals surface area contributed by atoms with E-state index in [4.69, 9.17) is 4.74 Å². The van der Waals surface area contributed by atoms with Crippen molar-refractivity contribution in [1.82, 2.24) is 5.32 Å². The molecule has 0 spiro atoms. The van der Waals surface area contributed by atoms with Gasteiger partial charge in [-0.2, -0.15) is 0 Å². The molecule has 3 nitrogen and oxygen atoms in total. The molecule has 1 saturated carbocycles. The van der Waals surface area contributed by atoms with Crippen LogP contribution in [0.15, 0.2) is 42.5 Å². The van der Waals surface area contributed by atoms with Gasteiger partial charge in [-0.25, -0.2) is 8.78 Å². The Morgan fingerprint density at radius 2 is 1.79 bits per heavy atom. The smallest absolute Gasteiger partial charge is 0.255 e. The van der Waals surface area contributed by atoms with Crippen LogP contribution in [-0.4, -0.2) is 18.6 Å². The largest absolute Gasteiger partial charge is 0.490 e. The molecule has 5 heteroatoms. The monoisotopic (exact) mass is 331 g/mol. The zero-order chi connectivity index (χ0) is 16.9. The van der Waals surface area contributed by atoms with Crippen molar-refractivity contribution in [2.75, 3.05) is 6.54 Å². The summed E-state index contributed by atoms with van der Waals surface area (Å²) in [5.74, 6) is -0.950. The highest BCUT2D eigenvalue weighted by Crippen LogP contribution is 2.27. The molecule has 1 amide bonds. The van der Waals surface area contributed by atoms with Gasteiger partial charge in [-0.05, 0) is 49.9 Å². The van der Waals surface area contributed by atoms with E-state index in [-0.39, 0.29) is 30.5 Å². The molecular weight excluding hydrogens is 312 g/mol. The molecule has 0 bridgehead atoms. The van der Waals surface area contributed by atoms with Crippen LogP contribution in [0.1, 0.15) is 35.2 Å². The summed E-state index contributed by atoms with van der Waals surface area (Å²) in [7, 11) is 0. The van der Waals surface area contributed by atoms with Crippen molar-refractivity contribution in [2.24, 2.45) is 0 Å². The third kappa shape index (κ3) is 3.72. The molecule has 1 aliphatic carbocycles. The summed E-state index contributed by atoms with van der Waals surface area (Å²) in [6.45, 7) is 0.147. The quantitative estimate of drug-likeness (QED) is 0.873. The minimum atomic E-state index is -0.599. The predicted molar refractivity (Wildman–Crippen MR) is 87.1 cm³/mol. The van der Waals surface area contributed by atoms with Crippen LogP contribution in [-0.2, 0) is 6.42 Å². The van der Waals surface area contributed by atoms with Gasteiger partial charge in [0.2, 0.25) is 0 Å². The van der Waals surface area contributed by atoms with E-state index in [2.05, 4.69) is 5.32 Å². The highest BCUT2D eigenvalue weighted by molar-refractivity contribution is 5.96. The lowest BCUT2D eigenvalue weighted by molar-refractivity contribution is 0.0928. The summed E-state index contributed by atoms with van der Waals surface area (Å²) in [5.41, 5.74) is 0.426. The van der Waals surface area contributed by atoms with Gasteiger partial charge < -0.3 is 10.1 Å². The standard InChI is InChI=1S/C19H19F2NO2/c20-16-8-4-9-17(21)14(16)11-12-22-19(23)15-7-1-2-10-18(15)24-13-5-3-6-13/h1-2,4,7-10,13H,3,5-6,11-12H2,(H,22,23). The summed E-state index contributed by atoms with van der Waals surface area (Å²) in [6, 6.07) is 10.8. The number of amides is 1. The Bertz CT molecular complexity index is 709. The maximum Gasteiger partial charge on any atom is 0.255 e. The SMILES string of the molecule is O=C(NCCc1c(F)cccc1F)c1ccccc1OC1CCC1. The molecule has 2 aromatic carbocycles. The molecule has 1 aliphatic rings. The molecule has 0 radical (unpaired) electrons. The Labute approximate surface area is 139 Å². The first-order valence-corrected chi connectivity index (χ1v) is 8.12. The molecule has 1 N–H and O–H groups in total. The van der Waals surface area contributed by atoms with Gasteiger partial charge in [-0.3, -0.25) is 4.79 Å². The molecule has 0 aliphatic heterocycles. The number of halogens is 2. The minimum Gasteiger partial charge on any atom is -0.490 e. The van der Waals surface area contributed by atoms with Gasteiger partial charge in [-0.15, -0.1) is 0 Å². The van der Waals surface area contributed by atoms with Crippen LogP contribution in [0.25, 0.3) is 0 Å². The third-order valence-corrected chi connectivity index (χ3v) is 4.20. The fraction of sp³-hybridized carbons (Fsp3) is 0.316. The van der Waals surface area contributed by atoms with E-state index in [9.17, 15) is 13.6 Å². The van der Waals surface area contributed by atoms with E-state index in [0.29, 0.717) is 11.3 Å². The summed E-state index contributed by atoms with van der Waals surface area (Å²) in [4.78, 5) is 12.3. The van der Waals surface area contributed by atoms with Crippen LogP contribution in [0, 0.1) is 11.6 Å². The number of hydrogen-bond donors (Lipinski definition) is 1. The fourth-order valence-electron chi connectivity index (χ4n) is 2.59. The van der Waals surface area contributed by atoms with Crippen LogP contribution >= 0.6 is 0 Å². The van der Waals surface area contributed by atoms with Crippen molar-refractivity contribution < 1.29 is 18.3 Å². The minimum absolute atomic E-state index is 0.0168. The first-order valence-electron chi connectivity index (χ1n) is 8.12. The van der Waals surface area contributed by atoms with Crippen molar-refractivity contribution in [3.8, 4) is 5.75 Å². The van der Waals surface area contributed by atoms with Gasteiger partial charge in [0, 0.05) is 12.1 Å². The lowest BCUT2D eigenvalue weighted by Gasteiger charge is -2.27. The van der Waals surface area contributed by atoms with E-state index < -0.39 is 11.6 Å². The maximum absolute atomic E-state index is 13.6. The van der Waals surface area contributed by atoms with E-state index >= 15 is 0 Å².